The summed E-state index contributed by atoms with van der Waals surface area (Å²) in [6.07, 6.45) is 5.96. The molecule has 1 N–H and O–H groups in total. The van der Waals surface area contributed by atoms with Gasteiger partial charge in [-0.2, -0.15) is 0 Å². The van der Waals surface area contributed by atoms with Crippen molar-refractivity contribution in [2.24, 2.45) is 0 Å². The van der Waals surface area contributed by atoms with Crippen molar-refractivity contribution in [2.75, 3.05) is 37.7 Å². The van der Waals surface area contributed by atoms with Gasteiger partial charge in [-0.05, 0) is 19.4 Å². The second-order valence-electron chi connectivity index (χ2n) is 6.19. The average molecular weight is 342 g/mol. The Balaban J connectivity index is 1.71. The standard InChI is InChI=1S/C19H26N4O2/c1-2-25-18-6-4-3-5-16(18)14-22-10-11-23(15-17(22)7-12-24)19-13-20-8-9-21-19/h3-6,8-9,13,17,24H,2,7,10-12,14-15H2,1H3. The number of nitrogens with zero attached hydrogens (tertiary/aromatic N) is 4. The van der Waals surface area contributed by atoms with Gasteiger partial charge in [-0.1, -0.05) is 18.2 Å². The minimum Gasteiger partial charge on any atom is -0.494 e. The third-order valence-electron chi connectivity index (χ3n) is 4.59. The summed E-state index contributed by atoms with van der Waals surface area (Å²) in [5, 5.41) is 9.50. The molecule has 134 valence electrons. The van der Waals surface area contributed by atoms with E-state index in [0.717, 1.165) is 44.2 Å². The number of anilines is 1. The number of hydrogen-bond donors (Lipinski definition) is 1. The van der Waals surface area contributed by atoms with E-state index in [-0.39, 0.29) is 12.6 Å². The molecule has 1 fully saturated rings. The Bertz CT molecular complexity index is 653. The van der Waals surface area contributed by atoms with Crippen LogP contribution in [0.4, 0.5) is 5.82 Å². The monoisotopic (exact) mass is 342 g/mol. The van der Waals surface area contributed by atoms with Gasteiger partial charge in [-0.25, -0.2) is 4.98 Å². The second-order valence-corrected chi connectivity index (χ2v) is 6.19. The lowest BCUT2D eigenvalue weighted by molar-refractivity contribution is 0.134. The highest BCUT2D eigenvalue weighted by molar-refractivity contribution is 5.37. The lowest BCUT2D eigenvalue weighted by Crippen LogP contribution is -2.53. The largest absolute Gasteiger partial charge is 0.494 e. The van der Waals surface area contributed by atoms with Crippen molar-refractivity contribution in [3.8, 4) is 5.75 Å². The summed E-state index contributed by atoms with van der Waals surface area (Å²) in [6, 6.07) is 8.47. The zero-order chi connectivity index (χ0) is 17.5. The minimum atomic E-state index is 0.183. The van der Waals surface area contributed by atoms with Gasteiger partial charge < -0.3 is 14.7 Å². The smallest absolute Gasteiger partial charge is 0.147 e. The van der Waals surface area contributed by atoms with Gasteiger partial charge in [0.1, 0.15) is 11.6 Å². The van der Waals surface area contributed by atoms with Crippen LogP contribution in [-0.2, 0) is 6.54 Å². The molecule has 0 saturated carbocycles. The zero-order valence-corrected chi connectivity index (χ0v) is 14.7. The highest BCUT2D eigenvalue weighted by Crippen LogP contribution is 2.24. The van der Waals surface area contributed by atoms with Crippen molar-refractivity contribution in [1.82, 2.24) is 14.9 Å². The van der Waals surface area contributed by atoms with Crippen molar-refractivity contribution in [1.29, 1.82) is 0 Å². The fourth-order valence-electron chi connectivity index (χ4n) is 3.34. The first kappa shape index (κ1) is 17.6. The first-order chi connectivity index (χ1) is 12.3. The van der Waals surface area contributed by atoms with Crippen LogP contribution in [0.25, 0.3) is 0 Å². The first-order valence-electron chi connectivity index (χ1n) is 8.88. The fraction of sp³-hybridized carbons (Fsp3) is 0.474. The van der Waals surface area contributed by atoms with E-state index in [1.54, 1.807) is 18.6 Å². The number of hydrogen-bond acceptors (Lipinski definition) is 6. The molecule has 1 aliphatic heterocycles. The SMILES string of the molecule is CCOc1ccccc1CN1CCN(c2cnccn2)CC1CCO. The highest BCUT2D eigenvalue weighted by Gasteiger charge is 2.28. The van der Waals surface area contributed by atoms with Crippen LogP contribution in [0.1, 0.15) is 18.9 Å². The fourth-order valence-corrected chi connectivity index (χ4v) is 3.34. The number of ether oxygens (including phenoxy) is 1. The summed E-state index contributed by atoms with van der Waals surface area (Å²) < 4.78 is 5.76. The van der Waals surface area contributed by atoms with Gasteiger partial charge in [0.25, 0.3) is 0 Å². The van der Waals surface area contributed by atoms with E-state index >= 15 is 0 Å². The van der Waals surface area contributed by atoms with Crippen LogP contribution in [0.5, 0.6) is 5.75 Å². The Labute approximate surface area is 149 Å². The Hall–Kier alpha value is -2.18. The molecule has 25 heavy (non-hydrogen) atoms. The summed E-state index contributed by atoms with van der Waals surface area (Å²) >= 11 is 0. The molecule has 1 aromatic carbocycles. The Morgan fingerprint density at radius 1 is 1.24 bits per heavy atom. The predicted molar refractivity (Wildman–Crippen MR) is 97.8 cm³/mol. The highest BCUT2D eigenvalue weighted by atomic mass is 16.5. The number of para-hydroxylation sites is 1. The van der Waals surface area contributed by atoms with Crippen molar-refractivity contribution in [3.63, 3.8) is 0 Å². The average Bonchev–Trinajstić information content (AvgIpc) is 2.66. The van der Waals surface area contributed by atoms with E-state index < -0.39 is 0 Å². The van der Waals surface area contributed by atoms with Gasteiger partial charge in [0, 0.05) is 56.8 Å². The maximum atomic E-state index is 9.50. The number of aromatic nitrogens is 2. The van der Waals surface area contributed by atoms with Crippen LogP contribution in [0.3, 0.4) is 0 Å². The molecule has 0 amide bonds. The van der Waals surface area contributed by atoms with Crippen LogP contribution in [0, 0.1) is 0 Å². The number of aliphatic hydroxyl groups excluding tert-OH is 1. The molecule has 6 nitrogen and oxygen atoms in total. The number of aliphatic hydroxyl groups is 1. The maximum absolute atomic E-state index is 9.50. The van der Waals surface area contributed by atoms with Gasteiger partial charge in [0.2, 0.25) is 0 Å². The third-order valence-corrected chi connectivity index (χ3v) is 4.59. The van der Waals surface area contributed by atoms with Crippen LogP contribution in [0.2, 0.25) is 0 Å². The lowest BCUT2D eigenvalue weighted by atomic mass is 10.1. The molecule has 6 heteroatoms. The van der Waals surface area contributed by atoms with Crippen LogP contribution in [-0.4, -0.2) is 58.9 Å². The molecule has 3 rings (SSSR count). The summed E-state index contributed by atoms with van der Waals surface area (Å²) in [5.74, 6) is 1.85. The summed E-state index contributed by atoms with van der Waals surface area (Å²) in [4.78, 5) is 13.3. The Morgan fingerprint density at radius 2 is 2.12 bits per heavy atom. The molecule has 0 bridgehead atoms. The van der Waals surface area contributed by atoms with E-state index in [1.807, 2.05) is 19.1 Å². The summed E-state index contributed by atoms with van der Waals surface area (Å²) in [6.45, 7) is 6.34. The van der Waals surface area contributed by atoms with E-state index in [1.165, 1.54) is 5.56 Å². The quantitative estimate of drug-likeness (QED) is 0.830. The minimum absolute atomic E-state index is 0.183. The molecule has 1 aliphatic rings. The predicted octanol–water partition coefficient (Wildman–Crippen LogP) is 1.95. The number of piperazine rings is 1. The number of benzene rings is 1. The van der Waals surface area contributed by atoms with Crippen molar-refractivity contribution in [2.45, 2.75) is 25.9 Å². The third kappa shape index (κ3) is 4.46. The zero-order valence-electron chi connectivity index (χ0n) is 14.7. The van der Waals surface area contributed by atoms with E-state index in [2.05, 4.69) is 31.9 Å². The first-order valence-corrected chi connectivity index (χ1v) is 8.88. The summed E-state index contributed by atoms with van der Waals surface area (Å²) in [7, 11) is 0. The molecule has 0 spiro atoms. The molecule has 2 aromatic rings. The summed E-state index contributed by atoms with van der Waals surface area (Å²) in [5.41, 5.74) is 1.19. The molecule has 1 saturated heterocycles. The van der Waals surface area contributed by atoms with Crippen molar-refractivity contribution >= 4 is 5.82 Å². The topological polar surface area (TPSA) is 61.7 Å². The van der Waals surface area contributed by atoms with Crippen molar-refractivity contribution in [3.05, 3.63) is 48.4 Å². The van der Waals surface area contributed by atoms with Gasteiger partial charge in [0.05, 0.1) is 12.8 Å². The van der Waals surface area contributed by atoms with E-state index in [0.29, 0.717) is 6.61 Å². The molecule has 1 atom stereocenters. The second kappa shape index (κ2) is 8.78. The molecular weight excluding hydrogens is 316 g/mol. The number of rotatable bonds is 7. The molecular formula is C19H26N4O2. The Morgan fingerprint density at radius 3 is 2.88 bits per heavy atom. The van der Waals surface area contributed by atoms with E-state index in [4.69, 9.17) is 4.74 Å². The molecule has 2 heterocycles. The Kier molecular flexibility index (Phi) is 6.19. The lowest BCUT2D eigenvalue weighted by Gasteiger charge is -2.42. The van der Waals surface area contributed by atoms with Crippen molar-refractivity contribution < 1.29 is 9.84 Å². The normalized spacial score (nSPS) is 18.3. The van der Waals surface area contributed by atoms with Gasteiger partial charge in [-0.15, -0.1) is 0 Å². The van der Waals surface area contributed by atoms with E-state index in [9.17, 15) is 5.11 Å². The molecule has 1 aromatic heterocycles. The van der Waals surface area contributed by atoms with Gasteiger partial charge in [0.15, 0.2) is 0 Å². The molecule has 0 radical (unpaired) electrons. The molecule has 1 unspecified atom stereocenters. The molecule has 0 aliphatic carbocycles. The maximum Gasteiger partial charge on any atom is 0.147 e. The van der Waals surface area contributed by atoms with Crippen LogP contribution < -0.4 is 9.64 Å². The van der Waals surface area contributed by atoms with Gasteiger partial charge in [-0.3, -0.25) is 9.88 Å². The van der Waals surface area contributed by atoms with Crippen LogP contribution in [0.15, 0.2) is 42.9 Å². The van der Waals surface area contributed by atoms with Crippen LogP contribution >= 0.6 is 0 Å². The van der Waals surface area contributed by atoms with Gasteiger partial charge >= 0.3 is 0 Å².